The Hall–Kier alpha value is -0.0000000000000000555. The van der Waals surface area contributed by atoms with Gasteiger partial charge < -0.3 is 5.73 Å². The summed E-state index contributed by atoms with van der Waals surface area (Å²) in [6, 6.07) is 0.854. The molecule has 0 aliphatic rings. The SMILES string of the molecule is Cc1cc(Br)c(CC(N)C(F)F)s1. The standard InChI is InChI=1S/C8H10BrF2NS/c1-4-2-5(9)7(13-4)3-6(12)8(10)11/h2,6,8H,3,12H2,1H3. The first-order chi connectivity index (χ1) is 6.00. The maximum absolute atomic E-state index is 12.1. The molecule has 0 amide bonds. The van der Waals surface area contributed by atoms with Crippen LogP contribution in [0.2, 0.25) is 0 Å². The Morgan fingerprint density at radius 2 is 2.23 bits per heavy atom. The highest BCUT2D eigenvalue weighted by atomic mass is 79.9. The molecule has 0 aliphatic heterocycles. The fraction of sp³-hybridized carbons (Fsp3) is 0.500. The van der Waals surface area contributed by atoms with Crippen LogP contribution in [0, 0.1) is 6.92 Å². The molecule has 1 aromatic rings. The Labute approximate surface area is 88.1 Å². The Bertz CT molecular complexity index is 288. The molecule has 0 bridgehead atoms. The van der Waals surface area contributed by atoms with Crippen molar-refractivity contribution in [2.75, 3.05) is 0 Å². The van der Waals surface area contributed by atoms with Gasteiger partial charge in [-0.25, -0.2) is 8.78 Å². The van der Waals surface area contributed by atoms with Gasteiger partial charge in [0.15, 0.2) is 0 Å². The molecular weight excluding hydrogens is 260 g/mol. The van der Waals surface area contributed by atoms with Crippen LogP contribution in [0.4, 0.5) is 8.78 Å². The Morgan fingerprint density at radius 1 is 1.62 bits per heavy atom. The van der Waals surface area contributed by atoms with Crippen LogP contribution in [0.15, 0.2) is 10.5 Å². The van der Waals surface area contributed by atoms with Crippen molar-refractivity contribution in [3.63, 3.8) is 0 Å². The Kier molecular flexibility index (Phi) is 3.82. The first kappa shape index (κ1) is 11.1. The number of alkyl halides is 2. The average Bonchev–Trinajstić information content (AvgIpc) is 2.30. The van der Waals surface area contributed by atoms with Crippen LogP contribution in [-0.4, -0.2) is 12.5 Å². The minimum atomic E-state index is -2.45. The number of hydrogen-bond acceptors (Lipinski definition) is 2. The monoisotopic (exact) mass is 269 g/mol. The minimum Gasteiger partial charge on any atom is -0.323 e. The van der Waals surface area contributed by atoms with E-state index in [1.54, 1.807) is 0 Å². The summed E-state index contributed by atoms with van der Waals surface area (Å²) < 4.78 is 25.1. The van der Waals surface area contributed by atoms with Crippen LogP contribution in [0.5, 0.6) is 0 Å². The lowest BCUT2D eigenvalue weighted by Crippen LogP contribution is -2.30. The number of hydrogen-bond donors (Lipinski definition) is 1. The van der Waals surface area contributed by atoms with Gasteiger partial charge in [-0.05, 0) is 28.9 Å². The quantitative estimate of drug-likeness (QED) is 0.897. The molecule has 1 nitrogen and oxygen atoms in total. The van der Waals surface area contributed by atoms with E-state index in [4.69, 9.17) is 5.73 Å². The second-order valence-electron chi connectivity index (χ2n) is 2.83. The summed E-state index contributed by atoms with van der Waals surface area (Å²) in [5.74, 6) is 0. The second kappa shape index (κ2) is 4.48. The molecule has 0 aromatic carbocycles. The van der Waals surface area contributed by atoms with Crippen LogP contribution in [0.1, 0.15) is 9.75 Å². The Balaban J connectivity index is 2.68. The molecule has 0 aliphatic carbocycles. The van der Waals surface area contributed by atoms with Gasteiger partial charge in [-0.2, -0.15) is 0 Å². The molecule has 1 rings (SSSR count). The van der Waals surface area contributed by atoms with E-state index in [1.807, 2.05) is 13.0 Å². The molecule has 1 unspecified atom stereocenters. The molecular formula is C8H10BrF2NS. The fourth-order valence-electron chi connectivity index (χ4n) is 0.974. The van der Waals surface area contributed by atoms with Gasteiger partial charge in [-0.1, -0.05) is 0 Å². The molecule has 2 N–H and O–H groups in total. The van der Waals surface area contributed by atoms with Gasteiger partial charge in [0, 0.05) is 20.6 Å². The summed E-state index contributed by atoms with van der Waals surface area (Å²) in [5.41, 5.74) is 5.26. The van der Waals surface area contributed by atoms with Crippen molar-refractivity contribution >= 4 is 27.3 Å². The van der Waals surface area contributed by atoms with E-state index in [-0.39, 0.29) is 6.42 Å². The molecule has 74 valence electrons. The van der Waals surface area contributed by atoms with Crippen molar-refractivity contribution in [3.05, 3.63) is 20.3 Å². The third kappa shape index (κ3) is 3.00. The van der Waals surface area contributed by atoms with Crippen molar-refractivity contribution < 1.29 is 8.78 Å². The first-order valence-corrected chi connectivity index (χ1v) is 5.40. The van der Waals surface area contributed by atoms with E-state index in [0.717, 1.165) is 14.2 Å². The molecule has 0 saturated carbocycles. The summed E-state index contributed by atoms with van der Waals surface area (Å²) in [6.07, 6.45) is -2.22. The molecule has 13 heavy (non-hydrogen) atoms. The highest BCUT2D eigenvalue weighted by Gasteiger charge is 2.17. The van der Waals surface area contributed by atoms with Gasteiger partial charge >= 0.3 is 0 Å². The van der Waals surface area contributed by atoms with Crippen molar-refractivity contribution in [2.24, 2.45) is 5.73 Å². The second-order valence-corrected chi connectivity index (χ2v) is 5.03. The van der Waals surface area contributed by atoms with Crippen molar-refractivity contribution in [1.82, 2.24) is 0 Å². The molecule has 0 spiro atoms. The topological polar surface area (TPSA) is 26.0 Å². The number of thiophene rings is 1. The average molecular weight is 270 g/mol. The zero-order valence-corrected chi connectivity index (χ0v) is 9.46. The van der Waals surface area contributed by atoms with Crippen molar-refractivity contribution in [2.45, 2.75) is 25.8 Å². The summed E-state index contributed by atoms with van der Waals surface area (Å²) in [4.78, 5) is 1.99. The van der Waals surface area contributed by atoms with Crippen molar-refractivity contribution in [1.29, 1.82) is 0 Å². The maximum Gasteiger partial charge on any atom is 0.253 e. The predicted molar refractivity (Wildman–Crippen MR) is 54.4 cm³/mol. The van der Waals surface area contributed by atoms with Crippen LogP contribution < -0.4 is 5.73 Å². The fourth-order valence-corrected chi connectivity index (χ4v) is 2.87. The first-order valence-electron chi connectivity index (χ1n) is 3.79. The third-order valence-electron chi connectivity index (χ3n) is 1.63. The molecule has 1 atom stereocenters. The lowest BCUT2D eigenvalue weighted by atomic mass is 10.2. The number of halogens is 3. The lowest BCUT2D eigenvalue weighted by Gasteiger charge is -2.08. The third-order valence-corrected chi connectivity index (χ3v) is 3.67. The van der Waals surface area contributed by atoms with Crippen LogP contribution in [-0.2, 0) is 6.42 Å². The molecule has 0 radical (unpaired) electrons. The van der Waals surface area contributed by atoms with Crippen molar-refractivity contribution in [3.8, 4) is 0 Å². The van der Waals surface area contributed by atoms with Crippen LogP contribution in [0.3, 0.4) is 0 Å². The van der Waals surface area contributed by atoms with Gasteiger partial charge in [0.2, 0.25) is 0 Å². The van der Waals surface area contributed by atoms with E-state index in [0.29, 0.717) is 0 Å². The zero-order valence-electron chi connectivity index (χ0n) is 7.06. The Morgan fingerprint density at radius 3 is 2.62 bits per heavy atom. The summed E-state index contributed by atoms with van der Waals surface area (Å²) >= 11 is 4.80. The molecule has 5 heteroatoms. The summed E-state index contributed by atoms with van der Waals surface area (Å²) in [5, 5.41) is 0. The zero-order chi connectivity index (χ0) is 10.0. The number of nitrogens with two attached hydrogens (primary N) is 1. The molecule has 0 saturated heterocycles. The van der Waals surface area contributed by atoms with E-state index in [9.17, 15) is 8.78 Å². The lowest BCUT2D eigenvalue weighted by molar-refractivity contribution is 0.116. The van der Waals surface area contributed by atoms with Gasteiger partial charge in [0.25, 0.3) is 6.43 Å². The van der Waals surface area contributed by atoms with Gasteiger partial charge in [-0.3, -0.25) is 0 Å². The maximum atomic E-state index is 12.1. The van der Waals surface area contributed by atoms with E-state index >= 15 is 0 Å². The summed E-state index contributed by atoms with van der Waals surface area (Å²) in [7, 11) is 0. The van der Waals surface area contributed by atoms with E-state index in [1.165, 1.54) is 11.3 Å². The van der Waals surface area contributed by atoms with E-state index in [2.05, 4.69) is 15.9 Å². The largest absolute Gasteiger partial charge is 0.323 e. The van der Waals surface area contributed by atoms with Crippen LogP contribution >= 0.6 is 27.3 Å². The molecule has 0 fully saturated rings. The minimum absolute atomic E-state index is 0.233. The highest BCUT2D eigenvalue weighted by molar-refractivity contribution is 9.10. The van der Waals surface area contributed by atoms with E-state index < -0.39 is 12.5 Å². The number of rotatable bonds is 3. The highest BCUT2D eigenvalue weighted by Crippen LogP contribution is 2.28. The normalized spacial score (nSPS) is 13.7. The van der Waals surface area contributed by atoms with Gasteiger partial charge in [0.1, 0.15) is 0 Å². The molecule has 1 aromatic heterocycles. The van der Waals surface area contributed by atoms with Gasteiger partial charge in [-0.15, -0.1) is 11.3 Å². The number of aryl methyl sites for hydroxylation is 1. The van der Waals surface area contributed by atoms with Gasteiger partial charge in [0.05, 0.1) is 6.04 Å². The van der Waals surface area contributed by atoms with Crippen LogP contribution in [0.25, 0.3) is 0 Å². The molecule has 1 heterocycles. The summed E-state index contributed by atoms with van der Waals surface area (Å²) in [6.45, 7) is 1.94. The smallest absolute Gasteiger partial charge is 0.253 e. The predicted octanol–water partition coefficient (Wildman–Crippen LogP) is 2.95.